The smallest absolute Gasteiger partial charge is 0.320 e. The van der Waals surface area contributed by atoms with Crippen LogP contribution in [0.1, 0.15) is 12.0 Å². The van der Waals surface area contributed by atoms with Crippen molar-refractivity contribution in [2.45, 2.75) is 19.4 Å². The van der Waals surface area contributed by atoms with E-state index in [1.54, 1.807) is 20.0 Å². The maximum Gasteiger partial charge on any atom is 0.320 e. The molecular formula is C12H16N2O5. The van der Waals surface area contributed by atoms with Crippen molar-refractivity contribution >= 4 is 11.7 Å². The molecule has 1 unspecified atom stereocenters. The van der Waals surface area contributed by atoms with Crippen LogP contribution >= 0.6 is 0 Å². The second kappa shape index (κ2) is 6.69. The fourth-order valence-electron chi connectivity index (χ4n) is 1.61. The Balaban J connectivity index is 2.57. The van der Waals surface area contributed by atoms with Crippen molar-refractivity contribution in [2.24, 2.45) is 0 Å². The Bertz CT molecular complexity index is 475. The molecule has 0 saturated heterocycles. The van der Waals surface area contributed by atoms with E-state index in [0.717, 1.165) is 0 Å². The Hall–Kier alpha value is -2.15. The van der Waals surface area contributed by atoms with Crippen LogP contribution in [-0.4, -0.2) is 35.7 Å². The van der Waals surface area contributed by atoms with Crippen molar-refractivity contribution < 1.29 is 19.6 Å². The molecule has 0 heterocycles. The fourth-order valence-corrected chi connectivity index (χ4v) is 1.61. The molecule has 0 aromatic heterocycles. The number of hydrogen-bond acceptors (Lipinski definition) is 5. The Morgan fingerprint density at radius 3 is 2.74 bits per heavy atom. The first kappa shape index (κ1) is 14.9. The molecule has 0 amide bonds. The topological polar surface area (TPSA) is 102 Å². The summed E-state index contributed by atoms with van der Waals surface area (Å²) in [4.78, 5) is 20.9. The van der Waals surface area contributed by atoms with Gasteiger partial charge in [0, 0.05) is 18.1 Å². The molecule has 1 aromatic rings. The lowest BCUT2D eigenvalue weighted by atomic mass is 10.2. The van der Waals surface area contributed by atoms with Gasteiger partial charge in [0.25, 0.3) is 5.69 Å². The van der Waals surface area contributed by atoms with E-state index in [0.29, 0.717) is 17.7 Å². The van der Waals surface area contributed by atoms with Gasteiger partial charge in [0.2, 0.25) is 0 Å². The third-order valence-corrected chi connectivity index (χ3v) is 2.69. The molecule has 0 spiro atoms. The SMILES string of the molecule is CNC(CCOc1ccc([N+](=O)[O-])c(C)c1)C(=O)O. The van der Waals surface area contributed by atoms with Crippen LogP contribution in [0.5, 0.6) is 5.75 Å². The summed E-state index contributed by atoms with van der Waals surface area (Å²) < 4.78 is 5.38. The average molecular weight is 268 g/mol. The molecule has 0 bridgehead atoms. The van der Waals surface area contributed by atoms with Crippen molar-refractivity contribution in [1.82, 2.24) is 5.32 Å². The van der Waals surface area contributed by atoms with E-state index < -0.39 is 16.9 Å². The summed E-state index contributed by atoms with van der Waals surface area (Å²) in [5.41, 5.74) is 0.539. The number of nitrogens with one attached hydrogen (secondary N) is 1. The second-order valence-corrected chi connectivity index (χ2v) is 4.02. The minimum Gasteiger partial charge on any atom is -0.494 e. The quantitative estimate of drug-likeness (QED) is 0.571. The summed E-state index contributed by atoms with van der Waals surface area (Å²) in [6, 6.07) is 3.77. The molecule has 7 heteroatoms. The number of aryl methyl sites for hydroxylation is 1. The van der Waals surface area contributed by atoms with Crippen molar-refractivity contribution in [2.75, 3.05) is 13.7 Å². The van der Waals surface area contributed by atoms with E-state index in [-0.39, 0.29) is 12.3 Å². The fraction of sp³-hybridized carbons (Fsp3) is 0.417. The lowest BCUT2D eigenvalue weighted by Gasteiger charge is -2.12. The molecule has 2 N–H and O–H groups in total. The molecule has 1 rings (SSSR count). The number of ether oxygens (including phenoxy) is 1. The van der Waals surface area contributed by atoms with Crippen molar-refractivity contribution in [3.8, 4) is 5.75 Å². The van der Waals surface area contributed by atoms with Crippen LogP contribution < -0.4 is 10.1 Å². The van der Waals surface area contributed by atoms with Gasteiger partial charge in [-0.2, -0.15) is 0 Å². The van der Waals surface area contributed by atoms with Gasteiger partial charge < -0.3 is 15.2 Å². The summed E-state index contributed by atoms with van der Waals surface area (Å²) in [5.74, 6) is -0.450. The molecule has 0 saturated carbocycles. The average Bonchev–Trinajstić information content (AvgIpc) is 2.33. The first-order valence-electron chi connectivity index (χ1n) is 5.73. The van der Waals surface area contributed by atoms with Crippen molar-refractivity contribution in [1.29, 1.82) is 0 Å². The number of aliphatic carboxylic acids is 1. The van der Waals surface area contributed by atoms with Crippen LogP contribution in [0.3, 0.4) is 0 Å². The van der Waals surface area contributed by atoms with Gasteiger partial charge in [0.05, 0.1) is 11.5 Å². The zero-order valence-corrected chi connectivity index (χ0v) is 10.8. The lowest BCUT2D eigenvalue weighted by Crippen LogP contribution is -2.35. The molecule has 1 atom stereocenters. The monoisotopic (exact) mass is 268 g/mol. The van der Waals surface area contributed by atoms with Gasteiger partial charge in [-0.3, -0.25) is 14.9 Å². The summed E-state index contributed by atoms with van der Waals surface area (Å²) in [7, 11) is 1.56. The molecular weight excluding hydrogens is 252 g/mol. The Labute approximate surface area is 110 Å². The number of likely N-dealkylation sites (N-methyl/N-ethyl adjacent to an activating group) is 1. The minimum absolute atomic E-state index is 0.0333. The molecule has 1 aromatic carbocycles. The number of carboxylic acid groups (broad SMARTS) is 1. The molecule has 0 aliphatic heterocycles. The highest BCUT2D eigenvalue weighted by Gasteiger charge is 2.15. The number of nitro benzene ring substituents is 1. The van der Waals surface area contributed by atoms with Crippen LogP contribution in [0.15, 0.2) is 18.2 Å². The van der Waals surface area contributed by atoms with Gasteiger partial charge in [0.15, 0.2) is 0 Å². The molecule has 0 aliphatic carbocycles. The van der Waals surface area contributed by atoms with Gasteiger partial charge in [-0.25, -0.2) is 0 Å². The summed E-state index contributed by atoms with van der Waals surface area (Å²) in [5, 5.41) is 22.1. The normalized spacial score (nSPS) is 11.9. The highest BCUT2D eigenvalue weighted by molar-refractivity contribution is 5.73. The van der Waals surface area contributed by atoms with E-state index in [9.17, 15) is 14.9 Å². The van der Waals surface area contributed by atoms with Crippen molar-refractivity contribution in [3.05, 3.63) is 33.9 Å². The van der Waals surface area contributed by atoms with Gasteiger partial charge >= 0.3 is 5.97 Å². The highest BCUT2D eigenvalue weighted by atomic mass is 16.6. The first-order valence-corrected chi connectivity index (χ1v) is 5.73. The standard InChI is InChI=1S/C12H16N2O5/c1-8-7-9(3-4-11(8)14(17)18)19-6-5-10(13-2)12(15)16/h3-4,7,10,13H,5-6H2,1-2H3,(H,15,16). The number of carboxylic acids is 1. The number of benzene rings is 1. The molecule has 0 fully saturated rings. The number of nitrogens with zero attached hydrogens (tertiary/aromatic N) is 1. The third-order valence-electron chi connectivity index (χ3n) is 2.69. The van der Waals surface area contributed by atoms with E-state index in [1.165, 1.54) is 12.1 Å². The molecule has 104 valence electrons. The zero-order valence-electron chi connectivity index (χ0n) is 10.8. The largest absolute Gasteiger partial charge is 0.494 e. The summed E-state index contributed by atoms with van der Waals surface area (Å²) in [6.07, 6.45) is 0.307. The maximum absolute atomic E-state index is 10.8. The summed E-state index contributed by atoms with van der Waals surface area (Å²) >= 11 is 0. The molecule has 0 aliphatic rings. The van der Waals surface area contributed by atoms with Gasteiger partial charge in [0.1, 0.15) is 11.8 Å². The predicted molar refractivity (Wildman–Crippen MR) is 68.4 cm³/mol. The van der Waals surface area contributed by atoms with E-state index >= 15 is 0 Å². The van der Waals surface area contributed by atoms with Crippen LogP contribution in [-0.2, 0) is 4.79 Å². The number of nitro groups is 1. The van der Waals surface area contributed by atoms with Gasteiger partial charge in [-0.1, -0.05) is 0 Å². The van der Waals surface area contributed by atoms with E-state index in [2.05, 4.69) is 5.32 Å². The zero-order chi connectivity index (χ0) is 14.4. The summed E-state index contributed by atoms with van der Waals surface area (Å²) in [6.45, 7) is 1.84. The minimum atomic E-state index is -0.939. The molecule has 19 heavy (non-hydrogen) atoms. The third kappa shape index (κ3) is 4.22. The Morgan fingerprint density at radius 2 is 2.26 bits per heavy atom. The maximum atomic E-state index is 10.8. The van der Waals surface area contributed by atoms with Gasteiger partial charge in [-0.15, -0.1) is 0 Å². The second-order valence-electron chi connectivity index (χ2n) is 4.02. The van der Waals surface area contributed by atoms with Gasteiger partial charge in [-0.05, 0) is 26.1 Å². The van der Waals surface area contributed by atoms with Crippen LogP contribution in [0, 0.1) is 17.0 Å². The van der Waals surface area contributed by atoms with Crippen molar-refractivity contribution in [3.63, 3.8) is 0 Å². The Morgan fingerprint density at radius 1 is 1.58 bits per heavy atom. The number of hydrogen-bond donors (Lipinski definition) is 2. The van der Waals surface area contributed by atoms with Crippen LogP contribution in [0.2, 0.25) is 0 Å². The number of carbonyl (C=O) groups is 1. The van der Waals surface area contributed by atoms with E-state index in [1.807, 2.05) is 0 Å². The molecule has 0 radical (unpaired) electrons. The molecule has 7 nitrogen and oxygen atoms in total. The van der Waals surface area contributed by atoms with Crippen LogP contribution in [0.25, 0.3) is 0 Å². The first-order chi connectivity index (χ1) is 8.95. The Kier molecular flexibility index (Phi) is 5.25. The lowest BCUT2D eigenvalue weighted by molar-refractivity contribution is -0.385. The number of rotatable bonds is 7. The van der Waals surface area contributed by atoms with E-state index in [4.69, 9.17) is 9.84 Å². The predicted octanol–water partition coefficient (Wildman–Crippen LogP) is 1.34. The van der Waals surface area contributed by atoms with Crippen LogP contribution in [0.4, 0.5) is 5.69 Å². The highest BCUT2D eigenvalue weighted by Crippen LogP contribution is 2.23.